The van der Waals surface area contributed by atoms with E-state index >= 15 is 0 Å². The summed E-state index contributed by atoms with van der Waals surface area (Å²) in [6.45, 7) is 1.76. The van der Waals surface area contributed by atoms with Crippen molar-refractivity contribution < 1.29 is 19.1 Å². The Kier molecular flexibility index (Phi) is 3.42. The fourth-order valence-electron chi connectivity index (χ4n) is 1.36. The number of aryl methyl sites for hydroxylation is 1. The summed E-state index contributed by atoms with van der Waals surface area (Å²) < 4.78 is 5.04. The quantitative estimate of drug-likeness (QED) is 0.882. The topological polar surface area (TPSA) is 92.4 Å². The summed E-state index contributed by atoms with van der Waals surface area (Å²) in [5.41, 5.74) is 1.15. The molecule has 0 aromatic carbocycles. The summed E-state index contributed by atoms with van der Waals surface area (Å²) >= 11 is 1.17. The summed E-state index contributed by atoms with van der Waals surface area (Å²) in [5, 5.41) is 13.1. The van der Waals surface area contributed by atoms with Crippen molar-refractivity contribution >= 4 is 28.3 Å². The van der Waals surface area contributed by atoms with Gasteiger partial charge >= 0.3 is 5.97 Å². The number of hydrogen-bond donors (Lipinski definition) is 2. The molecule has 18 heavy (non-hydrogen) atoms. The van der Waals surface area contributed by atoms with Crippen LogP contribution in [-0.2, 0) is 11.2 Å². The molecule has 0 saturated heterocycles. The molecule has 0 aliphatic carbocycles. The zero-order valence-corrected chi connectivity index (χ0v) is 10.3. The maximum absolute atomic E-state index is 11.8. The summed E-state index contributed by atoms with van der Waals surface area (Å²) in [4.78, 5) is 26.3. The highest BCUT2D eigenvalue weighted by Gasteiger charge is 2.14. The number of carbonyl (C=O) groups excluding carboxylic acids is 1. The van der Waals surface area contributed by atoms with E-state index in [-0.39, 0.29) is 12.2 Å². The zero-order chi connectivity index (χ0) is 13.1. The molecule has 2 rings (SSSR count). The Bertz CT molecular complexity index is 587. The number of anilines is 1. The number of thiazole rings is 1. The van der Waals surface area contributed by atoms with E-state index in [4.69, 9.17) is 9.52 Å². The second kappa shape index (κ2) is 5.01. The Labute approximate surface area is 106 Å². The van der Waals surface area contributed by atoms with Crippen LogP contribution in [0.4, 0.5) is 5.13 Å². The lowest BCUT2D eigenvalue weighted by molar-refractivity contribution is -0.136. The fourth-order valence-corrected chi connectivity index (χ4v) is 2.07. The van der Waals surface area contributed by atoms with Gasteiger partial charge in [-0.2, -0.15) is 0 Å². The Morgan fingerprint density at radius 3 is 2.94 bits per heavy atom. The molecule has 0 radical (unpaired) electrons. The average Bonchev–Trinajstić information content (AvgIpc) is 2.87. The number of amides is 1. The van der Waals surface area contributed by atoms with E-state index in [1.54, 1.807) is 18.4 Å². The summed E-state index contributed by atoms with van der Waals surface area (Å²) in [7, 11) is 0. The van der Waals surface area contributed by atoms with Crippen LogP contribution >= 0.6 is 11.3 Å². The van der Waals surface area contributed by atoms with Crippen LogP contribution in [0.3, 0.4) is 0 Å². The van der Waals surface area contributed by atoms with Crippen LogP contribution in [0.15, 0.2) is 22.1 Å². The molecule has 0 unspecified atom stereocenters. The monoisotopic (exact) mass is 266 g/mol. The van der Waals surface area contributed by atoms with E-state index in [0.29, 0.717) is 10.8 Å². The highest BCUT2D eigenvalue weighted by molar-refractivity contribution is 7.14. The largest absolute Gasteiger partial charge is 0.481 e. The molecule has 1 amide bonds. The molecule has 0 spiro atoms. The normalized spacial score (nSPS) is 10.3. The lowest BCUT2D eigenvalue weighted by Gasteiger charge is -1.98. The predicted molar refractivity (Wildman–Crippen MR) is 64.9 cm³/mol. The van der Waals surface area contributed by atoms with Crippen LogP contribution in [0, 0.1) is 6.92 Å². The number of aliphatic carboxylic acids is 1. The van der Waals surface area contributed by atoms with Gasteiger partial charge < -0.3 is 9.52 Å². The van der Waals surface area contributed by atoms with Crippen LogP contribution in [0.1, 0.15) is 21.8 Å². The van der Waals surface area contributed by atoms with E-state index in [2.05, 4.69) is 10.3 Å². The first-order valence-electron chi connectivity index (χ1n) is 5.08. The van der Waals surface area contributed by atoms with E-state index in [1.165, 1.54) is 17.6 Å². The lowest BCUT2D eigenvalue weighted by Crippen LogP contribution is -2.12. The minimum absolute atomic E-state index is 0.161. The fraction of sp³-hybridized carbons (Fsp3) is 0.182. The number of carbonyl (C=O) groups is 2. The van der Waals surface area contributed by atoms with Crippen LogP contribution in [-0.4, -0.2) is 22.0 Å². The number of nitrogens with one attached hydrogen (secondary N) is 1. The predicted octanol–water partition coefficient (Wildman–Crippen LogP) is 1.92. The van der Waals surface area contributed by atoms with E-state index in [9.17, 15) is 9.59 Å². The zero-order valence-electron chi connectivity index (χ0n) is 9.47. The SMILES string of the molecule is Cc1ccoc1C(=O)Nc1nc(CC(=O)O)cs1. The molecule has 6 nitrogen and oxygen atoms in total. The molecular weight excluding hydrogens is 256 g/mol. The van der Waals surface area contributed by atoms with Crippen molar-refractivity contribution in [2.24, 2.45) is 0 Å². The Morgan fingerprint density at radius 2 is 2.33 bits per heavy atom. The second-order valence-corrected chi connectivity index (χ2v) is 4.46. The van der Waals surface area contributed by atoms with Crippen molar-refractivity contribution in [3.05, 3.63) is 34.7 Å². The van der Waals surface area contributed by atoms with Gasteiger partial charge in [0.05, 0.1) is 18.4 Å². The van der Waals surface area contributed by atoms with Gasteiger partial charge in [0.15, 0.2) is 10.9 Å². The van der Waals surface area contributed by atoms with Crippen LogP contribution in [0.2, 0.25) is 0 Å². The maximum atomic E-state index is 11.8. The third-order valence-electron chi connectivity index (χ3n) is 2.17. The number of rotatable bonds is 4. The van der Waals surface area contributed by atoms with Gasteiger partial charge in [-0.1, -0.05) is 0 Å². The molecule has 0 aliphatic heterocycles. The first kappa shape index (κ1) is 12.3. The van der Waals surface area contributed by atoms with Gasteiger partial charge in [0.2, 0.25) is 0 Å². The van der Waals surface area contributed by atoms with Crippen LogP contribution < -0.4 is 5.32 Å². The van der Waals surface area contributed by atoms with Gasteiger partial charge in [-0.15, -0.1) is 11.3 Å². The van der Waals surface area contributed by atoms with Crippen molar-refractivity contribution in [1.82, 2.24) is 4.98 Å². The molecule has 0 fully saturated rings. The van der Waals surface area contributed by atoms with E-state index in [0.717, 1.165) is 5.56 Å². The first-order valence-corrected chi connectivity index (χ1v) is 5.96. The number of aromatic nitrogens is 1. The Morgan fingerprint density at radius 1 is 1.56 bits per heavy atom. The molecular formula is C11H10N2O4S. The molecule has 2 aromatic heterocycles. The highest BCUT2D eigenvalue weighted by atomic mass is 32.1. The third kappa shape index (κ3) is 2.75. The van der Waals surface area contributed by atoms with Gasteiger partial charge in [-0.3, -0.25) is 14.9 Å². The number of furan rings is 1. The van der Waals surface area contributed by atoms with Gasteiger partial charge in [-0.05, 0) is 13.0 Å². The van der Waals surface area contributed by atoms with Crippen molar-refractivity contribution in [2.45, 2.75) is 13.3 Å². The van der Waals surface area contributed by atoms with Gasteiger partial charge in [-0.25, -0.2) is 4.98 Å². The Hall–Kier alpha value is -2.15. The Balaban J connectivity index is 2.06. The van der Waals surface area contributed by atoms with Crippen molar-refractivity contribution in [3.8, 4) is 0 Å². The standard InChI is InChI=1S/C11H10N2O4S/c1-6-2-3-17-9(6)10(16)13-11-12-7(5-18-11)4-8(14)15/h2-3,5H,4H2,1H3,(H,14,15)(H,12,13,16). The molecule has 94 valence electrons. The number of hydrogen-bond acceptors (Lipinski definition) is 5. The minimum atomic E-state index is -0.958. The number of carboxylic acid groups (broad SMARTS) is 1. The summed E-state index contributed by atoms with van der Waals surface area (Å²) in [5.74, 6) is -1.13. The minimum Gasteiger partial charge on any atom is -0.481 e. The smallest absolute Gasteiger partial charge is 0.309 e. The number of carboxylic acids is 1. The molecule has 2 aromatic rings. The molecule has 0 saturated carbocycles. The molecule has 2 N–H and O–H groups in total. The second-order valence-electron chi connectivity index (χ2n) is 3.60. The van der Waals surface area contributed by atoms with Gasteiger partial charge in [0.1, 0.15) is 0 Å². The highest BCUT2D eigenvalue weighted by Crippen LogP contribution is 2.18. The van der Waals surface area contributed by atoms with Gasteiger partial charge in [0, 0.05) is 10.9 Å². The molecule has 0 aliphatic rings. The average molecular weight is 266 g/mol. The lowest BCUT2D eigenvalue weighted by atomic mass is 10.3. The molecule has 2 heterocycles. The number of nitrogens with zero attached hydrogens (tertiary/aromatic N) is 1. The molecule has 0 bridgehead atoms. The van der Waals surface area contributed by atoms with E-state index in [1.807, 2.05) is 0 Å². The first-order chi connectivity index (χ1) is 8.56. The van der Waals surface area contributed by atoms with Crippen LogP contribution in [0.5, 0.6) is 0 Å². The molecule has 7 heteroatoms. The van der Waals surface area contributed by atoms with Crippen molar-refractivity contribution in [3.63, 3.8) is 0 Å². The molecule has 0 atom stereocenters. The van der Waals surface area contributed by atoms with E-state index < -0.39 is 11.9 Å². The van der Waals surface area contributed by atoms with Crippen molar-refractivity contribution in [2.75, 3.05) is 5.32 Å². The maximum Gasteiger partial charge on any atom is 0.309 e. The van der Waals surface area contributed by atoms with Gasteiger partial charge in [0.25, 0.3) is 5.91 Å². The summed E-state index contributed by atoms with van der Waals surface area (Å²) in [6, 6.07) is 1.69. The third-order valence-corrected chi connectivity index (χ3v) is 2.98. The summed E-state index contributed by atoms with van der Waals surface area (Å²) in [6.07, 6.45) is 1.27. The van der Waals surface area contributed by atoms with Crippen LogP contribution in [0.25, 0.3) is 0 Å². The van der Waals surface area contributed by atoms with Crippen molar-refractivity contribution in [1.29, 1.82) is 0 Å².